The first kappa shape index (κ1) is 22.6. The maximum absolute atomic E-state index is 13.6. The molecule has 2 heterocycles. The van der Waals surface area contributed by atoms with E-state index in [9.17, 15) is 14.0 Å². The summed E-state index contributed by atoms with van der Waals surface area (Å²) < 4.78 is 20.4. The number of fused-ring (bicyclic) bond motifs is 1. The van der Waals surface area contributed by atoms with E-state index in [4.69, 9.17) is 15.6 Å². The van der Waals surface area contributed by atoms with E-state index in [-0.39, 0.29) is 29.4 Å². The molecule has 2 aromatic heterocycles. The van der Waals surface area contributed by atoms with Crippen LogP contribution >= 0.6 is 0 Å². The molecular weight excluding hydrogens is 451 g/mol. The number of carbonyl (C=O) groups excluding carboxylic acids is 1. The molecule has 180 valence electrons. The molecule has 0 saturated heterocycles. The minimum absolute atomic E-state index is 0.123. The Morgan fingerprint density at radius 3 is 2.71 bits per heavy atom. The Labute approximate surface area is 200 Å². The van der Waals surface area contributed by atoms with Crippen LogP contribution in [0.1, 0.15) is 47.3 Å². The molecule has 1 aliphatic rings. The Morgan fingerprint density at radius 2 is 2.03 bits per heavy atom. The molecule has 4 N–H and O–H groups in total. The molecule has 10 heteroatoms. The van der Waals surface area contributed by atoms with Crippen LogP contribution in [0, 0.1) is 11.7 Å². The number of carbonyl (C=O) groups is 1. The van der Waals surface area contributed by atoms with Crippen LogP contribution in [0.2, 0.25) is 0 Å². The minimum atomic E-state index is -0.519. The highest BCUT2D eigenvalue weighted by molar-refractivity contribution is 5.97. The molecule has 1 fully saturated rings. The molecule has 5 rings (SSSR count). The first-order chi connectivity index (χ1) is 16.9. The van der Waals surface area contributed by atoms with Crippen LogP contribution in [0.15, 0.2) is 47.3 Å². The number of H-pyrrole nitrogens is 1. The van der Waals surface area contributed by atoms with Crippen LogP contribution in [-0.4, -0.2) is 33.0 Å². The molecule has 4 aromatic rings. The molecule has 1 unspecified atom stereocenters. The van der Waals surface area contributed by atoms with Crippen LogP contribution < -0.4 is 21.3 Å². The lowest BCUT2D eigenvalue weighted by molar-refractivity contribution is 0.0947. The predicted molar refractivity (Wildman–Crippen MR) is 129 cm³/mol. The zero-order valence-corrected chi connectivity index (χ0v) is 19.3. The second kappa shape index (κ2) is 8.86. The number of nitrogen functional groups attached to an aromatic ring is 1. The van der Waals surface area contributed by atoms with Crippen LogP contribution in [-0.2, 0) is 6.54 Å². The number of methoxy groups -OCH3 is 1. The summed E-state index contributed by atoms with van der Waals surface area (Å²) >= 11 is 0. The molecule has 0 aliphatic heterocycles. The number of hydrogen-bond acceptors (Lipinski definition) is 6. The zero-order valence-electron chi connectivity index (χ0n) is 19.3. The first-order valence-corrected chi connectivity index (χ1v) is 11.3. The molecule has 0 bridgehead atoms. The fraction of sp³-hybridized carbons (Fsp3) is 0.280. The largest absolute Gasteiger partial charge is 0.496 e. The lowest BCUT2D eigenvalue weighted by atomic mass is 10.00. The molecule has 9 nitrogen and oxygen atoms in total. The van der Waals surface area contributed by atoms with Gasteiger partial charge in [0.15, 0.2) is 5.82 Å². The fourth-order valence-electron chi connectivity index (χ4n) is 4.33. The van der Waals surface area contributed by atoms with Gasteiger partial charge in [0.2, 0.25) is 0 Å². The van der Waals surface area contributed by atoms with Crippen LogP contribution in [0.5, 0.6) is 5.75 Å². The van der Waals surface area contributed by atoms with Gasteiger partial charge in [-0.1, -0.05) is 19.1 Å². The van der Waals surface area contributed by atoms with Crippen LogP contribution in [0.4, 0.5) is 10.2 Å². The van der Waals surface area contributed by atoms with E-state index in [1.165, 1.54) is 19.2 Å². The average Bonchev–Trinajstić information content (AvgIpc) is 3.64. The molecular formula is C25H25FN6O3. The molecule has 1 aliphatic carbocycles. The van der Waals surface area contributed by atoms with E-state index >= 15 is 0 Å². The first-order valence-electron chi connectivity index (χ1n) is 11.3. The normalized spacial score (nSPS) is 14.1. The Hall–Kier alpha value is -4.21. The highest BCUT2D eigenvalue weighted by Crippen LogP contribution is 2.43. The minimum Gasteiger partial charge on any atom is -0.496 e. The van der Waals surface area contributed by atoms with Gasteiger partial charge in [0.1, 0.15) is 17.1 Å². The highest BCUT2D eigenvalue weighted by Gasteiger charge is 2.33. The third-order valence-corrected chi connectivity index (χ3v) is 6.46. The topological polar surface area (TPSA) is 128 Å². The summed E-state index contributed by atoms with van der Waals surface area (Å²) in [5.41, 5.74) is 8.69. The van der Waals surface area contributed by atoms with Gasteiger partial charge in [0.25, 0.3) is 11.5 Å². The zero-order chi connectivity index (χ0) is 24.7. The predicted octanol–water partition coefficient (Wildman–Crippen LogP) is 3.28. The molecule has 1 atom stereocenters. The van der Waals surface area contributed by atoms with Crippen molar-refractivity contribution < 1.29 is 13.9 Å². The van der Waals surface area contributed by atoms with E-state index in [1.807, 2.05) is 24.3 Å². The Morgan fingerprint density at radius 1 is 1.29 bits per heavy atom. The van der Waals surface area contributed by atoms with E-state index in [1.54, 1.807) is 4.68 Å². The number of halogens is 1. The number of ether oxygens (including phenoxy) is 1. The summed E-state index contributed by atoms with van der Waals surface area (Å²) in [7, 11) is 1.43. The highest BCUT2D eigenvalue weighted by atomic mass is 19.1. The third kappa shape index (κ3) is 4.23. The SMILES string of the molecule is COc1ccc(F)cc1C(=O)NCc1ccc(-n2nc(C(C)C3CC3)c3c(=O)[nH]nc(N)c32)cc1. The molecule has 1 saturated carbocycles. The standard InChI is InChI=1S/C25H25FN6O3/c1-13(15-5-6-15)21-20-22(23(27)29-30-25(20)34)32(31-21)17-8-3-14(4-9-17)12-28-24(33)18-11-16(26)7-10-19(18)35-2/h3-4,7-11,13,15H,5-6,12H2,1-2H3,(H2,27,29)(H,28,33)(H,30,34). The fourth-order valence-corrected chi connectivity index (χ4v) is 4.33. The number of nitrogens with one attached hydrogen (secondary N) is 2. The number of amides is 1. The number of aromatic amines is 1. The van der Waals surface area contributed by atoms with Crippen molar-refractivity contribution in [3.8, 4) is 11.4 Å². The van der Waals surface area contributed by atoms with E-state index in [0.29, 0.717) is 28.3 Å². The maximum atomic E-state index is 13.6. The Bertz CT molecular complexity index is 1470. The van der Waals surface area contributed by atoms with Gasteiger partial charge in [-0.25, -0.2) is 14.2 Å². The summed E-state index contributed by atoms with van der Waals surface area (Å²) in [4.78, 5) is 25.2. The Kier molecular flexibility index (Phi) is 5.72. The van der Waals surface area contributed by atoms with E-state index in [2.05, 4.69) is 22.4 Å². The second-order valence-corrected chi connectivity index (χ2v) is 8.78. The van der Waals surface area contributed by atoms with Crippen molar-refractivity contribution in [2.24, 2.45) is 5.92 Å². The van der Waals surface area contributed by atoms with Crippen molar-refractivity contribution in [2.45, 2.75) is 32.2 Å². The van der Waals surface area contributed by atoms with Crippen molar-refractivity contribution in [2.75, 3.05) is 12.8 Å². The number of rotatable bonds is 7. The van der Waals surface area contributed by atoms with Crippen molar-refractivity contribution in [3.63, 3.8) is 0 Å². The summed E-state index contributed by atoms with van der Waals surface area (Å²) in [6.45, 7) is 2.31. The molecule has 35 heavy (non-hydrogen) atoms. The van der Waals surface area contributed by atoms with Crippen LogP contribution in [0.25, 0.3) is 16.6 Å². The van der Waals surface area contributed by atoms with Crippen molar-refractivity contribution >= 4 is 22.6 Å². The summed E-state index contributed by atoms with van der Waals surface area (Å²) in [6, 6.07) is 11.1. The number of nitrogens with zero attached hydrogens (tertiary/aromatic N) is 3. The van der Waals surface area contributed by atoms with Gasteiger partial charge in [-0.05, 0) is 54.7 Å². The van der Waals surface area contributed by atoms with Crippen molar-refractivity contribution in [1.29, 1.82) is 0 Å². The smallest absolute Gasteiger partial charge is 0.275 e. The summed E-state index contributed by atoms with van der Waals surface area (Å²) in [5, 5.41) is 14.4. The van der Waals surface area contributed by atoms with Crippen molar-refractivity contribution in [3.05, 3.63) is 75.5 Å². The lowest BCUT2D eigenvalue weighted by Crippen LogP contribution is -2.23. The lowest BCUT2D eigenvalue weighted by Gasteiger charge is -2.10. The molecule has 2 aromatic carbocycles. The number of anilines is 1. The average molecular weight is 477 g/mol. The van der Waals surface area contributed by atoms with Crippen molar-refractivity contribution in [1.82, 2.24) is 25.3 Å². The van der Waals surface area contributed by atoms with Gasteiger partial charge in [-0.15, -0.1) is 0 Å². The monoisotopic (exact) mass is 476 g/mol. The van der Waals surface area contributed by atoms with Gasteiger partial charge in [-0.2, -0.15) is 10.2 Å². The second-order valence-electron chi connectivity index (χ2n) is 8.78. The van der Waals surface area contributed by atoms with Gasteiger partial charge < -0.3 is 15.8 Å². The van der Waals surface area contributed by atoms with E-state index in [0.717, 1.165) is 30.2 Å². The summed E-state index contributed by atoms with van der Waals surface area (Å²) in [5.74, 6) is 0.174. The molecule has 0 spiro atoms. The maximum Gasteiger partial charge on any atom is 0.275 e. The third-order valence-electron chi connectivity index (χ3n) is 6.46. The number of aromatic nitrogens is 4. The number of nitrogens with two attached hydrogens (primary N) is 1. The van der Waals surface area contributed by atoms with Crippen LogP contribution in [0.3, 0.4) is 0 Å². The Balaban J connectivity index is 1.41. The van der Waals surface area contributed by atoms with Gasteiger partial charge in [-0.3, -0.25) is 9.59 Å². The van der Waals surface area contributed by atoms with Gasteiger partial charge >= 0.3 is 0 Å². The summed E-state index contributed by atoms with van der Waals surface area (Å²) in [6.07, 6.45) is 2.24. The molecule has 1 amide bonds. The van der Waals surface area contributed by atoms with E-state index < -0.39 is 11.7 Å². The number of benzene rings is 2. The molecule has 0 radical (unpaired) electrons. The quantitative estimate of drug-likeness (QED) is 0.376. The van der Waals surface area contributed by atoms with Gasteiger partial charge in [0.05, 0.1) is 29.4 Å². The van der Waals surface area contributed by atoms with Gasteiger partial charge in [0, 0.05) is 12.5 Å². The number of hydrogen-bond donors (Lipinski definition) is 3.